The van der Waals surface area contributed by atoms with Gasteiger partial charge in [0.1, 0.15) is 0 Å². The largest absolute Gasteiger partial charge is 0.336 e. The molecule has 0 aromatic carbocycles. The van der Waals surface area contributed by atoms with Crippen LogP contribution in [0.5, 0.6) is 0 Å². The number of carbonyl (C=O) groups excluding carboxylic acids is 1. The molecule has 2 aliphatic heterocycles. The molecule has 94 valence electrons. The quantitative estimate of drug-likeness (QED) is 0.747. The van der Waals surface area contributed by atoms with Crippen molar-refractivity contribution in [2.24, 2.45) is 23.5 Å². The van der Waals surface area contributed by atoms with Gasteiger partial charge in [-0.05, 0) is 56.8 Å². The van der Waals surface area contributed by atoms with Crippen LogP contribution in [0, 0.1) is 17.8 Å². The Morgan fingerprint density at radius 3 is 2.12 bits per heavy atom. The van der Waals surface area contributed by atoms with E-state index in [2.05, 4.69) is 4.90 Å². The minimum Gasteiger partial charge on any atom is -0.336 e. The molecule has 4 fully saturated rings. The summed E-state index contributed by atoms with van der Waals surface area (Å²) in [6.45, 7) is 0. The molecule has 4 atom stereocenters. The molecule has 2 saturated carbocycles. The van der Waals surface area contributed by atoms with E-state index in [9.17, 15) is 4.79 Å². The van der Waals surface area contributed by atoms with E-state index in [-0.39, 0.29) is 0 Å². The number of carbonyl (C=O) groups is 1. The Morgan fingerprint density at radius 1 is 0.941 bits per heavy atom. The Morgan fingerprint density at radius 2 is 1.53 bits per heavy atom. The second-order valence-electron chi connectivity index (χ2n) is 6.79. The first-order valence-electron chi connectivity index (χ1n) is 7.30. The van der Waals surface area contributed by atoms with Gasteiger partial charge in [-0.15, -0.1) is 0 Å². The number of piperidine rings is 1. The molecule has 2 heterocycles. The third kappa shape index (κ3) is 1.55. The van der Waals surface area contributed by atoms with E-state index in [0.717, 1.165) is 24.7 Å². The minimum absolute atomic E-state index is 0.341. The lowest BCUT2D eigenvalue weighted by atomic mass is 9.94. The average Bonchev–Trinajstić information content (AvgIpc) is 2.81. The molecule has 3 nitrogen and oxygen atoms in total. The van der Waals surface area contributed by atoms with Gasteiger partial charge in [-0.3, -0.25) is 4.79 Å². The normalized spacial score (nSPS) is 51.5. The number of rotatable bonds is 1. The fourth-order valence-corrected chi connectivity index (χ4v) is 4.71. The summed E-state index contributed by atoms with van der Waals surface area (Å²) in [5.41, 5.74) is 6.06. The van der Waals surface area contributed by atoms with E-state index < -0.39 is 0 Å². The van der Waals surface area contributed by atoms with Crippen molar-refractivity contribution >= 4 is 5.91 Å². The molecule has 3 heteroatoms. The molecule has 1 amide bonds. The minimum atomic E-state index is 0.341. The molecule has 4 rings (SSSR count). The van der Waals surface area contributed by atoms with Crippen LogP contribution in [0.15, 0.2) is 0 Å². The molecule has 4 aliphatic rings. The number of nitrogens with zero attached hydrogens (tertiary/aromatic N) is 1. The Hall–Kier alpha value is -0.570. The van der Waals surface area contributed by atoms with Crippen molar-refractivity contribution in [2.45, 2.75) is 63.1 Å². The molecule has 0 aromatic heterocycles. The predicted octanol–water partition coefficient (Wildman–Crippen LogP) is 1.51. The van der Waals surface area contributed by atoms with Gasteiger partial charge in [-0.2, -0.15) is 0 Å². The van der Waals surface area contributed by atoms with E-state index in [0.29, 0.717) is 30.0 Å². The maximum atomic E-state index is 12.6. The van der Waals surface area contributed by atoms with Gasteiger partial charge >= 0.3 is 0 Å². The lowest BCUT2D eigenvalue weighted by Gasteiger charge is -2.39. The van der Waals surface area contributed by atoms with E-state index in [1.54, 1.807) is 0 Å². The molecule has 2 saturated heterocycles. The fraction of sp³-hybridized carbons (Fsp3) is 0.929. The molecule has 0 radical (unpaired) electrons. The summed E-state index contributed by atoms with van der Waals surface area (Å²) < 4.78 is 0. The lowest BCUT2D eigenvalue weighted by molar-refractivity contribution is -0.140. The number of fused-ring (bicyclic) bond motifs is 3. The van der Waals surface area contributed by atoms with Crippen LogP contribution in [-0.2, 0) is 4.79 Å². The summed E-state index contributed by atoms with van der Waals surface area (Å²) in [5, 5.41) is 0. The van der Waals surface area contributed by atoms with Gasteiger partial charge < -0.3 is 10.6 Å². The Bertz CT molecular complexity index is 332. The van der Waals surface area contributed by atoms with Gasteiger partial charge in [0.15, 0.2) is 0 Å². The third-order valence-electron chi connectivity index (χ3n) is 5.62. The van der Waals surface area contributed by atoms with E-state index in [1.165, 1.54) is 32.1 Å². The van der Waals surface area contributed by atoms with Gasteiger partial charge in [0.2, 0.25) is 5.91 Å². The van der Waals surface area contributed by atoms with E-state index >= 15 is 0 Å². The van der Waals surface area contributed by atoms with Crippen LogP contribution in [0.2, 0.25) is 0 Å². The zero-order valence-corrected chi connectivity index (χ0v) is 10.3. The van der Waals surface area contributed by atoms with Crippen LogP contribution in [0.4, 0.5) is 0 Å². The second-order valence-corrected chi connectivity index (χ2v) is 6.79. The zero-order valence-electron chi connectivity index (χ0n) is 10.3. The van der Waals surface area contributed by atoms with Crippen molar-refractivity contribution in [2.75, 3.05) is 0 Å². The fourth-order valence-electron chi connectivity index (χ4n) is 4.71. The SMILES string of the molecule is NC1CC2CCC(C1)N2C(=O)C1CC2CC2C1. The molecule has 2 aliphatic carbocycles. The number of hydrogen-bond donors (Lipinski definition) is 1. The summed E-state index contributed by atoms with van der Waals surface area (Å²) in [7, 11) is 0. The van der Waals surface area contributed by atoms with Gasteiger partial charge in [-0.25, -0.2) is 0 Å². The maximum Gasteiger partial charge on any atom is 0.226 e. The van der Waals surface area contributed by atoms with Crippen LogP contribution >= 0.6 is 0 Å². The number of nitrogens with two attached hydrogens (primary N) is 1. The maximum absolute atomic E-state index is 12.6. The first-order valence-corrected chi connectivity index (χ1v) is 7.30. The molecular weight excluding hydrogens is 212 g/mol. The van der Waals surface area contributed by atoms with Gasteiger partial charge in [-0.1, -0.05) is 0 Å². The van der Waals surface area contributed by atoms with Gasteiger partial charge in [0.25, 0.3) is 0 Å². The van der Waals surface area contributed by atoms with Gasteiger partial charge in [0, 0.05) is 24.0 Å². The first-order chi connectivity index (χ1) is 8.22. The Balaban J connectivity index is 1.49. The highest BCUT2D eigenvalue weighted by molar-refractivity contribution is 5.80. The second kappa shape index (κ2) is 3.47. The van der Waals surface area contributed by atoms with Crippen molar-refractivity contribution < 1.29 is 4.79 Å². The molecule has 4 unspecified atom stereocenters. The molecule has 0 aromatic rings. The Labute approximate surface area is 103 Å². The standard InChI is InChI=1S/C14H22N2O/c15-11-6-12-1-2-13(7-11)16(12)14(17)10-4-8-3-9(8)5-10/h8-13H,1-7,15H2. The predicted molar refractivity (Wildman–Crippen MR) is 65.2 cm³/mol. The number of amides is 1. The molecule has 2 N–H and O–H groups in total. The third-order valence-corrected chi connectivity index (χ3v) is 5.62. The highest BCUT2D eigenvalue weighted by Crippen LogP contribution is 2.55. The van der Waals surface area contributed by atoms with Crippen LogP contribution in [0.3, 0.4) is 0 Å². The van der Waals surface area contributed by atoms with Crippen molar-refractivity contribution in [3.8, 4) is 0 Å². The van der Waals surface area contributed by atoms with Crippen molar-refractivity contribution in [1.29, 1.82) is 0 Å². The van der Waals surface area contributed by atoms with E-state index in [1.807, 2.05) is 0 Å². The summed E-state index contributed by atoms with van der Waals surface area (Å²) >= 11 is 0. The van der Waals surface area contributed by atoms with Crippen LogP contribution in [0.1, 0.15) is 44.9 Å². The van der Waals surface area contributed by atoms with Crippen LogP contribution in [0.25, 0.3) is 0 Å². The molecular formula is C14H22N2O. The van der Waals surface area contributed by atoms with Crippen molar-refractivity contribution in [1.82, 2.24) is 4.90 Å². The van der Waals surface area contributed by atoms with Crippen molar-refractivity contribution in [3.63, 3.8) is 0 Å². The Kier molecular flexibility index (Phi) is 2.11. The molecule has 0 spiro atoms. The number of hydrogen-bond acceptors (Lipinski definition) is 2. The highest BCUT2D eigenvalue weighted by Gasteiger charge is 2.51. The van der Waals surface area contributed by atoms with Gasteiger partial charge in [0.05, 0.1) is 0 Å². The zero-order chi connectivity index (χ0) is 11.6. The highest BCUT2D eigenvalue weighted by atomic mass is 16.2. The summed E-state index contributed by atoms with van der Waals surface area (Å²) in [6, 6.07) is 1.30. The van der Waals surface area contributed by atoms with Crippen LogP contribution < -0.4 is 5.73 Å². The average molecular weight is 234 g/mol. The topological polar surface area (TPSA) is 46.3 Å². The smallest absolute Gasteiger partial charge is 0.226 e. The molecule has 17 heavy (non-hydrogen) atoms. The molecule has 2 bridgehead atoms. The van der Waals surface area contributed by atoms with E-state index in [4.69, 9.17) is 5.73 Å². The monoisotopic (exact) mass is 234 g/mol. The summed E-state index contributed by atoms with van der Waals surface area (Å²) in [5.74, 6) is 2.68. The first kappa shape index (κ1) is 10.4. The summed E-state index contributed by atoms with van der Waals surface area (Å²) in [4.78, 5) is 14.9. The summed E-state index contributed by atoms with van der Waals surface area (Å²) in [6.07, 6.45) is 8.26. The van der Waals surface area contributed by atoms with Crippen molar-refractivity contribution in [3.05, 3.63) is 0 Å². The van der Waals surface area contributed by atoms with Crippen LogP contribution in [-0.4, -0.2) is 28.9 Å². The lowest BCUT2D eigenvalue weighted by Crippen LogP contribution is -2.51.